The third-order valence-electron chi connectivity index (χ3n) is 4.83. The van der Waals surface area contributed by atoms with E-state index >= 15 is 0 Å². The van der Waals surface area contributed by atoms with Gasteiger partial charge in [0, 0.05) is 18.0 Å². The second kappa shape index (κ2) is 9.48. The first-order valence-electron chi connectivity index (χ1n) is 9.83. The molecule has 33 heavy (non-hydrogen) atoms. The van der Waals surface area contributed by atoms with Crippen LogP contribution in [0.5, 0.6) is 0 Å². The summed E-state index contributed by atoms with van der Waals surface area (Å²) in [7, 11) is -1.40. The summed E-state index contributed by atoms with van der Waals surface area (Å²) < 4.78 is 26.4. The van der Waals surface area contributed by atoms with Crippen LogP contribution in [0.3, 0.4) is 0 Å². The van der Waals surface area contributed by atoms with Gasteiger partial charge in [0.15, 0.2) is 5.69 Å². The highest BCUT2D eigenvalue weighted by atomic mass is 32.2. The molecule has 2 N–H and O–H groups in total. The number of sulfonamides is 1. The van der Waals surface area contributed by atoms with Crippen LogP contribution in [0.25, 0.3) is 10.8 Å². The van der Waals surface area contributed by atoms with E-state index in [1.165, 1.54) is 43.1 Å². The molecule has 1 aromatic heterocycles. The van der Waals surface area contributed by atoms with Crippen molar-refractivity contribution in [2.75, 3.05) is 14.2 Å². The lowest BCUT2D eigenvalue weighted by molar-refractivity contribution is -0.0258. The van der Waals surface area contributed by atoms with Gasteiger partial charge in [-0.25, -0.2) is 13.1 Å². The van der Waals surface area contributed by atoms with Crippen molar-refractivity contribution in [3.63, 3.8) is 0 Å². The Morgan fingerprint density at radius 1 is 1.00 bits per heavy atom. The molecular weight excluding hydrogens is 450 g/mol. The van der Waals surface area contributed by atoms with Crippen molar-refractivity contribution in [3.05, 3.63) is 70.1 Å². The summed E-state index contributed by atoms with van der Waals surface area (Å²) in [6, 6.07) is 11.4. The highest BCUT2D eigenvalue weighted by Gasteiger charge is 2.22. The van der Waals surface area contributed by atoms with Crippen LogP contribution in [0.4, 0.5) is 0 Å². The molecule has 0 radical (unpaired) electrons. The normalized spacial score (nSPS) is 11.7. The van der Waals surface area contributed by atoms with Gasteiger partial charge in [-0.2, -0.15) is 5.10 Å². The molecule has 1 heterocycles. The first-order chi connectivity index (χ1) is 15.6. The minimum absolute atomic E-state index is 0.0248. The number of nitrogens with one attached hydrogen (secondary N) is 2. The molecule has 0 fully saturated rings. The van der Waals surface area contributed by atoms with E-state index in [-0.39, 0.29) is 27.8 Å². The molecule has 0 aliphatic heterocycles. The SMILES string of the molecule is CON(C)S(=O)(=O)c1ccc(C(=O)NNC(=O)c2nn(C(C)C)c(=O)c3ccccc23)cc1. The van der Waals surface area contributed by atoms with E-state index in [1.807, 2.05) is 0 Å². The predicted octanol–water partition coefficient (Wildman–Crippen LogP) is 1.23. The van der Waals surface area contributed by atoms with Crippen LogP contribution in [-0.2, 0) is 14.9 Å². The predicted molar refractivity (Wildman–Crippen MR) is 120 cm³/mol. The highest BCUT2D eigenvalue weighted by Crippen LogP contribution is 2.16. The van der Waals surface area contributed by atoms with E-state index < -0.39 is 21.8 Å². The zero-order chi connectivity index (χ0) is 24.3. The Kier molecular flexibility index (Phi) is 6.91. The second-order valence-electron chi connectivity index (χ2n) is 7.27. The van der Waals surface area contributed by atoms with E-state index in [0.29, 0.717) is 15.2 Å². The summed E-state index contributed by atoms with van der Waals surface area (Å²) in [5, 5.41) is 4.85. The first-order valence-corrected chi connectivity index (χ1v) is 11.3. The maximum atomic E-state index is 12.8. The van der Waals surface area contributed by atoms with E-state index in [4.69, 9.17) is 4.84 Å². The summed E-state index contributed by atoms with van der Waals surface area (Å²) >= 11 is 0. The molecule has 12 heteroatoms. The maximum absolute atomic E-state index is 12.8. The quantitative estimate of drug-likeness (QED) is 0.513. The van der Waals surface area contributed by atoms with Crippen molar-refractivity contribution in [2.45, 2.75) is 24.8 Å². The summed E-state index contributed by atoms with van der Waals surface area (Å²) in [5.41, 5.74) is 4.31. The molecule has 11 nitrogen and oxygen atoms in total. The average molecular weight is 474 g/mol. The van der Waals surface area contributed by atoms with Crippen molar-refractivity contribution in [1.29, 1.82) is 0 Å². The van der Waals surface area contributed by atoms with E-state index in [9.17, 15) is 22.8 Å². The monoisotopic (exact) mass is 473 g/mol. The second-order valence-corrected chi connectivity index (χ2v) is 9.20. The van der Waals surface area contributed by atoms with Crippen LogP contribution in [0.1, 0.15) is 40.7 Å². The Balaban J connectivity index is 1.80. The summed E-state index contributed by atoms with van der Waals surface area (Å²) in [6.45, 7) is 3.53. The number of benzene rings is 2. The molecular formula is C21H23N5O6S. The van der Waals surface area contributed by atoms with Gasteiger partial charge in [0.05, 0.1) is 23.4 Å². The summed E-state index contributed by atoms with van der Waals surface area (Å²) in [5.74, 6) is -1.39. The number of hydroxylamine groups is 1. The van der Waals surface area contributed by atoms with Gasteiger partial charge in [-0.1, -0.05) is 22.7 Å². The van der Waals surface area contributed by atoms with E-state index in [2.05, 4.69) is 16.0 Å². The number of hydrogen-bond donors (Lipinski definition) is 2. The lowest BCUT2D eigenvalue weighted by Crippen LogP contribution is -2.43. The van der Waals surface area contributed by atoms with Crippen molar-refractivity contribution >= 4 is 32.6 Å². The number of amides is 2. The molecule has 0 saturated carbocycles. The van der Waals surface area contributed by atoms with Crippen molar-refractivity contribution in [2.24, 2.45) is 0 Å². The molecule has 0 bridgehead atoms. The number of aromatic nitrogens is 2. The molecule has 2 aromatic carbocycles. The fraction of sp³-hybridized carbons (Fsp3) is 0.238. The third kappa shape index (κ3) is 4.77. The lowest BCUT2D eigenvalue weighted by atomic mass is 10.1. The number of nitrogens with zero attached hydrogens (tertiary/aromatic N) is 3. The average Bonchev–Trinajstić information content (AvgIpc) is 2.81. The molecule has 174 valence electrons. The van der Waals surface area contributed by atoms with Gasteiger partial charge >= 0.3 is 0 Å². The fourth-order valence-corrected chi connectivity index (χ4v) is 3.97. The van der Waals surface area contributed by atoms with Gasteiger partial charge in [-0.05, 0) is 44.2 Å². The zero-order valence-corrected chi connectivity index (χ0v) is 19.2. The van der Waals surface area contributed by atoms with Gasteiger partial charge in [-0.15, -0.1) is 0 Å². The number of hydrazine groups is 1. The number of rotatable bonds is 6. The van der Waals surface area contributed by atoms with Gasteiger partial charge in [0.25, 0.3) is 27.4 Å². The van der Waals surface area contributed by atoms with Crippen LogP contribution < -0.4 is 16.4 Å². The highest BCUT2D eigenvalue weighted by molar-refractivity contribution is 7.89. The van der Waals surface area contributed by atoms with Crippen LogP contribution in [0, 0.1) is 0 Å². The van der Waals surface area contributed by atoms with Gasteiger partial charge in [0.2, 0.25) is 0 Å². The molecule has 0 saturated heterocycles. The first kappa shape index (κ1) is 24.0. The molecule has 0 aliphatic rings. The molecule has 2 amide bonds. The molecule has 3 aromatic rings. The van der Waals surface area contributed by atoms with Gasteiger partial charge in [0.1, 0.15) is 0 Å². The zero-order valence-electron chi connectivity index (χ0n) is 18.4. The van der Waals surface area contributed by atoms with Crippen LogP contribution in [0.2, 0.25) is 0 Å². The lowest BCUT2D eigenvalue weighted by Gasteiger charge is -2.15. The van der Waals surface area contributed by atoms with Crippen LogP contribution in [0.15, 0.2) is 58.2 Å². The van der Waals surface area contributed by atoms with Crippen LogP contribution in [-0.4, -0.2) is 48.6 Å². The minimum Gasteiger partial charge on any atom is -0.288 e. The van der Waals surface area contributed by atoms with E-state index in [1.54, 1.807) is 38.1 Å². The number of hydrogen-bond acceptors (Lipinski definition) is 7. The Labute approximate surface area is 189 Å². The van der Waals surface area contributed by atoms with Crippen molar-refractivity contribution in [1.82, 2.24) is 25.1 Å². The molecule has 0 aliphatic carbocycles. The summed E-state index contributed by atoms with van der Waals surface area (Å²) in [4.78, 5) is 42.4. The standard InChI is InChI=1S/C21H23N5O6S/c1-13(2)26-21(29)17-8-6-5-7-16(17)18(24-26)20(28)23-22-19(27)14-9-11-15(12-10-14)33(30,31)25(3)32-4/h5-13H,1-4H3,(H,22,27)(H,23,28). The Morgan fingerprint density at radius 2 is 1.58 bits per heavy atom. The Morgan fingerprint density at radius 3 is 2.15 bits per heavy atom. The van der Waals surface area contributed by atoms with Crippen molar-refractivity contribution < 1.29 is 22.8 Å². The van der Waals surface area contributed by atoms with Crippen LogP contribution >= 0.6 is 0 Å². The van der Waals surface area contributed by atoms with Gasteiger partial charge < -0.3 is 0 Å². The number of fused-ring (bicyclic) bond motifs is 1. The maximum Gasteiger partial charge on any atom is 0.290 e. The Hall–Kier alpha value is -3.61. The topological polar surface area (TPSA) is 140 Å². The molecule has 0 unspecified atom stereocenters. The fourth-order valence-electron chi connectivity index (χ4n) is 2.99. The Bertz CT molecular complexity index is 1370. The van der Waals surface area contributed by atoms with Gasteiger partial charge in [-0.3, -0.25) is 30.1 Å². The third-order valence-corrected chi connectivity index (χ3v) is 6.53. The molecule has 0 atom stereocenters. The van der Waals surface area contributed by atoms with Crippen molar-refractivity contribution in [3.8, 4) is 0 Å². The largest absolute Gasteiger partial charge is 0.290 e. The smallest absolute Gasteiger partial charge is 0.288 e. The number of carbonyl (C=O) groups is 2. The molecule has 0 spiro atoms. The number of carbonyl (C=O) groups excluding carboxylic acids is 2. The molecule has 3 rings (SSSR count). The van der Waals surface area contributed by atoms with E-state index in [0.717, 1.165) is 0 Å². The summed E-state index contributed by atoms with van der Waals surface area (Å²) in [6.07, 6.45) is 0. The minimum atomic E-state index is -3.86.